The summed E-state index contributed by atoms with van der Waals surface area (Å²) in [6.45, 7) is 0. The number of carbonyl (C=O) groups is 1. The number of esters is 1. The summed E-state index contributed by atoms with van der Waals surface area (Å²) in [5.74, 6) is 0.756. The first-order valence-electron chi connectivity index (χ1n) is 6.43. The molecule has 0 aliphatic heterocycles. The van der Waals surface area contributed by atoms with Crippen LogP contribution in [0, 0.1) is 11.8 Å². The van der Waals surface area contributed by atoms with Crippen molar-refractivity contribution in [3.05, 3.63) is 36.0 Å². The topological polar surface area (TPSA) is 26.3 Å². The average molecular weight is 232 g/mol. The van der Waals surface area contributed by atoms with E-state index in [1.54, 1.807) is 6.08 Å². The molecule has 1 atom stereocenters. The molecule has 1 saturated carbocycles. The second-order valence-corrected chi connectivity index (χ2v) is 4.76. The van der Waals surface area contributed by atoms with Gasteiger partial charge in [-0.25, -0.2) is 4.79 Å². The van der Waals surface area contributed by atoms with Gasteiger partial charge in [0.2, 0.25) is 0 Å². The molecule has 0 bridgehead atoms. The summed E-state index contributed by atoms with van der Waals surface area (Å²) in [5.41, 5.74) is 1.27. The van der Waals surface area contributed by atoms with Crippen molar-refractivity contribution in [3.63, 3.8) is 0 Å². The van der Waals surface area contributed by atoms with Crippen LogP contribution in [0.25, 0.3) is 0 Å². The highest BCUT2D eigenvalue weighted by Gasteiger charge is 2.25. The molecule has 0 heterocycles. The molecule has 0 aromatic rings. The molecule has 92 valence electrons. The lowest BCUT2D eigenvalue weighted by Gasteiger charge is -2.30. The fourth-order valence-electron chi connectivity index (χ4n) is 2.78. The lowest BCUT2D eigenvalue weighted by atomic mass is 9.75. The maximum absolute atomic E-state index is 11.4. The molecule has 0 unspecified atom stereocenters. The maximum atomic E-state index is 11.4. The Bertz CT molecular complexity index is 351. The number of hydrogen-bond donors (Lipinski definition) is 0. The standard InChI is InChI=1S/C15H20O2/c1-17-15(16)11-13-9-5-6-10-14(13)12-7-3-2-4-8-12/h3-4,7-8,11-12,14H,2,5-6,9-10H2,1H3/b13-11+/t14-/m0/s1. The molecule has 0 spiro atoms. The van der Waals surface area contributed by atoms with Crippen molar-refractivity contribution in [1.29, 1.82) is 0 Å². The van der Waals surface area contributed by atoms with Crippen LogP contribution in [-0.4, -0.2) is 13.1 Å². The monoisotopic (exact) mass is 232 g/mol. The summed E-state index contributed by atoms with van der Waals surface area (Å²) in [4.78, 5) is 11.4. The highest BCUT2D eigenvalue weighted by molar-refractivity contribution is 5.82. The van der Waals surface area contributed by atoms with Gasteiger partial charge in [0, 0.05) is 12.0 Å². The normalized spacial score (nSPS) is 27.4. The number of hydrogen-bond acceptors (Lipinski definition) is 2. The molecule has 0 aromatic carbocycles. The predicted octanol–water partition coefficient (Wildman–Crippen LogP) is 3.41. The molecule has 1 fully saturated rings. The van der Waals surface area contributed by atoms with Gasteiger partial charge in [-0.3, -0.25) is 0 Å². The maximum Gasteiger partial charge on any atom is 0.330 e. The Morgan fingerprint density at radius 3 is 2.82 bits per heavy atom. The number of carbonyl (C=O) groups excluding carboxylic acids is 1. The summed E-state index contributed by atoms with van der Waals surface area (Å²) in [6.07, 6.45) is 16.4. The van der Waals surface area contributed by atoms with Crippen LogP contribution in [0.5, 0.6) is 0 Å². The molecule has 0 N–H and O–H groups in total. The van der Waals surface area contributed by atoms with Gasteiger partial charge in [-0.15, -0.1) is 0 Å². The van der Waals surface area contributed by atoms with Crippen LogP contribution in [0.15, 0.2) is 36.0 Å². The quantitative estimate of drug-likeness (QED) is 0.414. The summed E-state index contributed by atoms with van der Waals surface area (Å²) in [5, 5.41) is 0. The van der Waals surface area contributed by atoms with Crippen LogP contribution in [0.4, 0.5) is 0 Å². The van der Waals surface area contributed by atoms with Gasteiger partial charge in [0.25, 0.3) is 0 Å². The minimum atomic E-state index is -0.212. The molecule has 0 radical (unpaired) electrons. The average Bonchev–Trinajstić information content (AvgIpc) is 2.40. The van der Waals surface area contributed by atoms with Crippen molar-refractivity contribution in [2.75, 3.05) is 7.11 Å². The van der Waals surface area contributed by atoms with E-state index >= 15 is 0 Å². The molecule has 2 nitrogen and oxygen atoms in total. The Kier molecular flexibility index (Phi) is 4.18. The van der Waals surface area contributed by atoms with Crippen molar-refractivity contribution in [2.24, 2.45) is 11.8 Å². The van der Waals surface area contributed by atoms with E-state index in [9.17, 15) is 4.79 Å². The van der Waals surface area contributed by atoms with Gasteiger partial charge in [0.1, 0.15) is 0 Å². The van der Waals surface area contributed by atoms with Crippen LogP contribution in [0.2, 0.25) is 0 Å². The molecule has 2 aliphatic carbocycles. The van der Waals surface area contributed by atoms with E-state index in [2.05, 4.69) is 24.3 Å². The van der Waals surface area contributed by atoms with E-state index < -0.39 is 0 Å². The van der Waals surface area contributed by atoms with Gasteiger partial charge in [-0.05, 0) is 31.6 Å². The molecular formula is C15H20O2. The van der Waals surface area contributed by atoms with Gasteiger partial charge in [0.15, 0.2) is 0 Å². The first-order chi connectivity index (χ1) is 8.31. The Morgan fingerprint density at radius 2 is 2.12 bits per heavy atom. The smallest absolute Gasteiger partial charge is 0.330 e. The minimum absolute atomic E-state index is 0.212. The van der Waals surface area contributed by atoms with Crippen LogP contribution in [0.3, 0.4) is 0 Å². The van der Waals surface area contributed by atoms with Gasteiger partial charge in [-0.2, -0.15) is 0 Å². The molecular weight excluding hydrogens is 212 g/mol. The fraction of sp³-hybridized carbons (Fsp3) is 0.533. The van der Waals surface area contributed by atoms with Crippen molar-refractivity contribution >= 4 is 5.97 Å². The van der Waals surface area contributed by atoms with E-state index in [4.69, 9.17) is 4.74 Å². The SMILES string of the molecule is COC(=O)/C=C1\CCCC[C@H]1C1C=CCC=C1. The number of ether oxygens (including phenoxy) is 1. The third kappa shape index (κ3) is 3.09. The first kappa shape index (κ1) is 12.2. The van der Waals surface area contributed by atoms with Gasteiger partial charge in [-0.1, -0.05) is 36.3 Å². The van der Waals surface area contributed by atoms with Crippen molar-refractivity contribution in [3.8, 4) is 0 Å². The zero-order valence-electron chi connectivity index (χ0n) is 10.4. The number of allylic oxidation sites excluding steroid dienone is 5. The van der Waals surface area contributed by atoms with E-state index in [1.807, 2.05) is 0 Å². The molecule has 2 heteroatoms. The van der Waals surface area contributed by atoms with E-state index in [0.717, 1.165) is 12.8 Å². The fourth-order valence-corrected chi connectivity index (χ4v) is 2.78. The van der Waals surface area contributed by atoms with Gasteiger partial charge < -0.3 is 4.74 Å². The summed E-state index contributed by atoms with van der Waals surface area (Å²) in [7, 11) is 1.44. The third-order valence-corrected chi connectivity index (χ3v) is 3.66. The lowest BCUT2D eigenvalue weighted by molar-refractivity contribution is -0.134. The molecule has 0 aromatic heterocycles. The van der Waals surface area contributed by atoms with Crippen LogP contribution in [-0.2, 0) is 9.53 Å². The Labute approximate surface area is 103 Å². The summed E-state index contributed by atoms with van der Waals surface area (Å²) in [6, 6.07) is 0. The second kappa shape index (κ2) is 5.85. The van der Waals surface area contributed by atoms with Crippen LogP contribution in [0.1, 0.15) is 32.1 Å². The largest absolute Gasteiger partial charge is 0.466 e. The van der Waals surface area contributed by atoms with Crippen LogP contribution >= 0.6 is 0 Å². The molecule has 2 aliphatic rings. The molecule has 0 amide bonds. The number of rotatable bonds is 2. The molecule has 2 rings (SSSR count). The van der Waals surface area contributed by atoms with E-state index in [-0.39, 0.29) is 5.97 Å². The Morgan fingerprint density at radius 1 is 1.35 bits per heavy atom. The lowest BCUT2D eigenvalue weighted by Crippen LogP contribution is -2.19. The van der Waals surface area contributed by atoms with Crippen LogP contribution < -0.4 is 0 Å². The Balaban J connectivity index is 2.14. The highest BCUT2D eigenvalue weighted by atomic mass is 16.5. The first-order valence-corrected chi connectivity index (χ1v) is 6.43. The zero-order chi connectivity index (χ0) is 12.1. The zero-order valence-corrected chi connectivity index (χ0v) is 10.4. The minimum Gasteiger partial charge on any atom is -0.466 e. The van der Waals surface area contributed by atoms with Crippen molar-refractivity contribution < 1.29 is 9.53 Å². The summed E-state index contributed by atoms with van der Waals surface area (Å²) < 4.78 is 4.74. The van der Waals surface area contributed by atoms with Gasteiger partial charge in [0.05, 0.1) is 7.11 Å². The second-order valence-electron chi connectivity index (χ2n) is 4.76. The van der Waals surface area contributed by atoms with Crippen molar-refractivity contribution in [2.45, 2.75) is 32.1 Å². The van der Waals surface area contributed by atoms with Crippen molar-refractivity contribution in [1.82, 2.24) is 0 Å². The third-order valence-electron chi connectivity index (χ3n) is 3.66. The summed E-state index contributed by atoms with van der Waals surface area (Å²) >= 11 is 0. The Hall–Kier alpha value is -1.31. The number of methoxy groups -OCH3 is 1. The van der Waals surface area contributed by atoms with Gasteiger partial charge >= 0.3 is 5.97 Å². The predicted molar refractivity (Wildman–Crippen MR) is 68.4 cm³/mol. The molecule has 0 saturated heterocycles. The molecule has 17 heavy (non-hydrogen) atoms. The highest BCUT2D eigenvalue weighted by Crippen LogP contribution is 2.37. The van der Waals surface area contributed by atoms with E-state index in [1.165, 1.54) is 31.9 Å². The van der Waals surface area contributed by atoms with E-state index in [0.29, 0.717) is 11.8 Å².